The first kappa shape index (κ1) is 22.6. The Morgan fingerprint density at radius 2 is 2.00 bits per heavy atom. The summed E-state index contributed by atoms with van der Waals surface area (Å²) in [6.07, 6.45) is 9.74. The predicted molar refractivity (Wildman–Crippen MR) is 135 cm³/mol. The van der Waals surface area contributed by atoms with Crippen molar-refractivity contribution in [2.75, 3.05) is 36.9 Å². The summed E-state index contributed by atoms with van der Waals surface area (Å²) in [6.45, 7) is 6.84. The van der Waals surface area contributed by atoms with E-state index in [1.807, 2.05) is 27.3 Å². The van der Waals surface area contributed by atoms with E-state index in [1.165, 1.54) is 12.8 Å². The van der Waals surface area contributed by atoms with Gasteiger partial charge in [0.2, 0.25) is 0 Å². The molecule has 10 nitrogen and oxygen atoms in total. The van der Waals surface area contributed by atoms with Crippen molar-refractivity contribution in [3.8, 4) is 11.4 Å². The largest absolute Gasteiger partial charge is 0.382 e. The van der Waals surface area contributed by atoms with Crippen LogP contribution in [0, 0.1) is 5.41 Å². The van der Waals surface area contributed by atoms with E-state index in [1.54, 1.807) is 30.5 Å². The summed E-state index contributed by atoms with van der Waals surface area (Å²) in [5.41, 5.74) is 2.50. The summed E-state index contributed by atoms with van der Waals surface area (Å²) >= 11 is 1.74. The van der Waals surface area contributed by atoms with E-state index in [2.05, 4.69) is 44.5 Å². The molecule has 1 aliphatic carbocycles. The monoisotopic (exact) mass is 479 g/mol. The molecule has 0 aromatic carbocycles. The van der Waals surface area contributed by atoms with Crippen LogP contribution in [0.25, 0.3) is 11.4 Å². The van der Waals surface area contributed by atoms with Gasteiger partial charge in [0.1, 0.15) is 17.5 Å². The standard InChI is InChI=1S/C23H29N9OS/c1-15(2)28-19-11-21(26-13-18(19)22(24)31-7-9-33-10-8-31)29-20-5-6-25-23(30-20)16-12-27-32(14-16)34-17-3-4-17/h5-6,11-15,17,24H,3-4,7-10H2,1-2H3,(H2,25,26,28,29,30). The topological polar surface area (TPSA) is 117 Å². The van der Waals surface area contributed by atoms with E-state index < -0.39 is 0 Å². The summed E-state index contributed by atoms with van der Waals surface area (Å²) in [4.78, 5) is 15.7. The zero-order chi connectivity index (χ0) is 23.5. The quantitative estimate of drug-likeness (QED) is 0.329. The Morgan fingerprint density at radius 1 is 1.18 bits per heavy atom. The van der Waals surface area contributed by atoms with Gasteiger partial charge in [-0.2, -0.15) is 5.10 Å². The van der Waals surface area contributed by atoms with Crippen LogP contribution in [-0.2, 0) is 4.74 Å². The second kappa shape index (κ2) is 9.98. The molecular formula is C23H29N9OS. The Morgan fingerprint density at radius 3 is 2.76 bits per heavy atom. The lowest BCUT2D eigenvalue weighted by molar-refractivity contribution is 0.0680. The van der Waals surface area contributed by atoms with Crippen LogP contribution >= 0.6 is 11.9 Å². The fourth-order valence-electron chi connectivity index (χ4n) is 3.60. The first-order chi connectivity index (χ1) is 16.5. The lowest BCUT2D eigenvalue weighted by atomic mass is 10.1. The Kier molecular flexibility index (Phi) is 6.63. The normalized spacial score (nSPS) is 16.0. The molecular weight excluding hydrogens is 450 g/mol. The zero-order valence-electron chi connectivity index (χ0n) is 19.4. The molecule has 2 aliphatic rings. The van der Waals surface area contributed by atoms with E-state index in [0.717, 1.165) is 16.8 Å². The predicted octanol–water partition coefficient (Wildman–Crippen LogP) is 3.62. The van der Waals surface area contributed by atoms with Gasteiger partial charge in [0, 0.05) is 49.0 Å². The lowest BCUT2D eigenvalue weighted by Crippen LogP contribution is -2.41. The minimum Gasteiger partial charge on any atom is -0.382 e. The van der Waals surface area contributed by atoms with Gasteiger partial charge in [-0.15, -0.1) is 0 Å². The number of amidine groups is 1. The van der Waals surface area contributed by atoms with Crippen LogP contribution in [0.5, 0.6) is 0 Å². The highest BCUT2D eigenvalue weighted by molar-refractivity contribution is 7.98. The number of nitrogens with one attached hydrogen (secondary N) is 3. The SMILES string of the molecule is CC(C)Nc1cc(Nc2ccnc(-c3cnn(SC4CC4)c3)n2)ncc1C(=N)N1CCOCC1. The molecule has 178 valence electrons. The number of morpholine rings is 1. The van der Waals surface area contributed by atoms with Crippen molar-refractivity contribution in [3.05, 3.63) is 42.5 Å². The van der Waals surface area contributed by atoms with Crippen LogP contribution in [0.15, 0.2) is 36.9 Å². The summed E-state index contributed by atoms with van der Waals surface area (Å²) in [7, 11) is 0. The first-order valence-electron chi connectivity index (χ1n) is 11.6. The Bertz CT molecular complexity index is 1150. The molecule has 0 atom stereocenters. The van der Waals surface area contributed by atoms with Gasteiger partial charge in [-0.05, 0) is 44.7 Å². The molecule has 3 aromatic rings. The average molecular weight is 480 g/mol. The summed E-state index contributed by atoms with van der Waals surface area (Å²) in [5.74, 6) is 2.35. The minimum absolute atomic E-state index is 0.210. The summed E-state index contributed by atoms with van der Waals surface area (Å²) < 4.78 is 7.32. The number of nitrogens with zero attached hydrogens (tertiary/aromatic N) is 6. The van der Waals surface area contributed by atoms with E-state index in [-0.39, 0.29) is 6.04 Å². The summed E-state index contributed by atoms with van der Waals surface area (Å²) in [5, 5.41) is 20.5. The minimum atomic E-state index is 0.210. The third-order valence-electron chi connectivity index (χ3n) is 5.44. The molecule has 0 spiro atoms. The van der Waals surface area contributed by atoms with Crippen LogP contribution in [0.4, 0.5) is 17.3 Å². The molecule has 0 radical (unpaired) electrons. The van der Waals surface area contributed by atoms with Crippen LogP contribution < -0.4 is 10.6 Å². The highest BCUT2D eigenvalue weighted by Crippen LogP contribution is 2.35. The van der Waals surface area contributed by atoms with Crippen molar-refractivity contribution >= 4 is 35.1 Å². The molecule has 0 amide bonds. The van der Waals surface area contributed by atoms with Crippen molar-refractivity contribution in [1.29, 1.82) is 5.41 Å². The van der Waals surface area contributed by atoms with Gasteiger partial charge in [-0.3, -0.25) is 5.41 Å². The maximum atomic E-state index is 8.71. The molecule has 3 aromatic heterocycles. The highest BCUT2D eigenvalue weighted by atomic mass is 32.2. The zero-order valence-corrected chi connectivity index (χ0v) is 20.2. The highest BCUT2D eigenvalue weighted by Gasteiger charge is 2.24. The molecule has 3 N–H and O–H groups in total. The Balaban J connectivity index is 1.35. The molecule has 1 saturated heterocycles. The van der Waals surface area contributed by atoms with Gasteiger partial charge in [-0.1, -0.05) is 0 Å². The first-order valence-corrected chi connectivity index (χ1v) is 12.4. The number of ether oxygens (including phenoxy) is 1. The molecule has 1 saturated carbocycles. The second-order valence-corrected chi connectivity index (χ2v) is 9.94. The van der Waals surface area contributed by atoms with Crippen LogP contribution in [-0.4, -0.2) is 72.5 Å². The van der Waals surface area contributed by atoms with Crippen molar-refractivity contribution in [2.24, 2.45) is 0 Å². The van der Waals surface area contributed by atoms with Crippen molar-refractivity contribution in [3.63, 3.8) is 0 Å². The number of hydrogen-bond acceptors (Lipinski definition) is 9. The fourth-order valence-corrected chi connectivity index (χ4v) is 4.53. The second-order valence-electron chi connectivity index (χ2n) is 8.69. The number of aromatic nitrogens is 5. The van der Waals surface area contributed by atoms with Gasteiger partial charge < -0.3 is 20.3 Å². The molecule has 34 heavy (non-hydrogen) atoms. The van der Waals surface area contributed by atoms with Crippen LogP contribution in [0.1, 0.15) is 32.3 Å². The molecule has 5 rings (SSSR count). The van der Waals surface area contributed by atoms with E-state index >= 15 is 0 Å². The number of rotatable bonds is 8. The smallest absolute Gasteiger partial charge is 0.164 e. The molecule has 2 fully saturated rings. The van der Waals surface area contributed by atoms with Crippen molar-refractivity contribution in [2.45, 2.75) is 38.0 Å². The number of hydrogen-bond donors (Lipinski definition) is 3. The molecule has 0 unspecified atom stereocenters. The van der Waals surface area contributed by atoms with E-state index in [0.29, 0.717) is 54.8 Å². The molecule has 11 heteroatoms. The van der Waals surface area contributed by atoms with E-state index in [9.17, 15) is 0 Å². The maximum Gasteiger partial charge on any atom is 0.164 e. The lowest BCUT2D eigenvalue weighted by Gasteiger charge is -2.30. The summed E-state index contributed by atoms with van der Waals surface area (Å²) in [6, 6.07) is 3.95. The van der Waals surface area contributed by atoms with Gasteiger partial charge in [0.05, 0.1) is 36.2 Å². The van der Waals surface area contributed by atoms with Crippen LogP contribution in [0.2, 0.25) is 0 Å². The van der Waals surface area contributed by atoms with Gasteiger partial charge in [0.15, 0.2) is 5.82 Å². The maximum absolute atomic E-state index is 8.71. The third kappa shape index (κ3) is 5.48. The van der Waals surface area contributed by atoms with E-state index in [4.69, 9.17) is 10.1 Å². The fraction of sp³-hybridized carbons (Fsp3) is 0.435. The van der Waals surface area contributed by atoms with Gasteiger partial charge in [0.25, 0.3) is 0 Å². The van der Waals surface area contributed by atoms with Crippen LogP contribution in [0.3, 0.4) is 0 Å². The molecule has 4 heterocycles. The number of pyridine rings is 1. The third-order valence-corrected chi connectivity index (χ3v) is 6.63. The average Bonchev–Trinajstić information content (AvgIpc) is 3.53. The van der Waals surface area contributed by atoms with Gasteiger partial charge >= 0.3 is 0 Å². The Hall–Kier alpha value is -3.18. The molecule has 1 aliphatic heterocycles. The number of anilines is 3. The Labute approximate surface area is 203 Å². The van der Waals surface area contributed by atoms with Crippen molar-refractivity contribution < 1.29 is 4.74 Å². The van der Waals surface area contributed by atoms with Crippen molar-refractivity contribution in [1.82, 2.24) is 29.0 Å². The van der Waals surface area contributed by atoms with Gasteiger partial charge in [-0.25, -0.2) is 19.0 Å². The molecule has 0 bridgehead atoms.